The molecule has 5 rings (SSSR count). The van der Waals surface area contributed by atoms with Gasteiger partial charge in [0.1, 0.15) is 16.9 Å². The van der Waals surface area contributed by atoms with Crippen molar-refractivity contribution >= 4 is 40.1 Å². The summed E-state index contributed by atoms with van der Waals surface area (Å²) in [6, 6.07) is 12.5. The smallest absolute Gasteiger partial charge is 0.257 e. The highest BCUT2D eigenvalue weighted by atomic mass is 16.5. The molecule has 9 nitrogen and oxygen atoms in total. The average molecular weight is 459 g/mol. The van der Waals surface area contributed by atoms with E-state index < -0.39 is 0 Å². The standard InChI is InChI=1S/C25H26N6O3/c1-2-34-20-13-15(11-12-19(20)32)14-27-31-23(26)21(25(33)28-16-7-3-4-8-16)22-24(31)30-18-10-6-5-9-17(18)29-22/h5-6,9-14,16,32H,2-4,7-8,26H2,1H3,(H,28,33). The lowest BCUT2D eigenvalue weighted by Crippen LogP contribution is -2.33. The number of ether oxygens (including phenoxy) is 1. The fourth-order valence-electron chi connectivity index (χ4n) is 4.32. The first-order chi connectivity index (χ1) is 16.5. The molecular formula is C25H26N6O3. The predicted molar refractivity (Wildman–Crippen MR) is 131 cm³/mol. The Morgan fingerprint density at radius 3 is 2.71 bits per heavy atom. The van der Waals surface area contributed by atoms with Gasteiger partial charge in [0.05, 0.1) is 23.9 Å². The number of aromatic nitrogens is 3. The Morgan fingerprint density at radius 1 is 1.24 bits per heavy atom. The highest BCUT2D eigenvalue weighted by Crippen LogP contribution is 2.29. The highest BCUT2D eigenvalue weighted by Gasteiger charge is 2.26. The Kier molecular flexibility index (Phi) is 5.75. The van der Waals surface area contributed by atoms with Gasteiger partial charge in [-0.2, -0.15) is 9.78 Å². The van der Waals surface area contributed by atoms with Crippen LogP contribution >= 0.6 is 0 Å². The molecule has 1 saturated carbocycles. The SMILES string of the molecule is CCOc1cc(C=Nn2c(N)c(C(=O)NC3CCCC3)c3nc4ccccc4nc32)ccc1O. The molecule has 0 radical (unpaired) electrons. The van der Waals surface area contributed by atoms with Gasteiger partial charge in [-0.25, -0.2) is 9.97 Å². The van der Waals surface area contributed by atoms with Gasteiger partial charge in [-0.1, -0.05) is 25.0 Å². The van der Waals surface area contributed by atoms with E-state index in [0.29, 0.717) is 40.1 Å². The molecule has 4 N–H and O–H groups in total. The van der Waals surface area contributed by atoms with Crippen molar-refractivity contribution in [1.82, 2.24) is 20.0 Å². The number of anilines is 1. The lowest BCUT2D eigenvalue weighted by molar-refractivity contribution is 0.0940. The van der Waals surface area contributed by atoms with E-state index in [2.05, 4.69) is 10.4 Å². The summed E-state index contributed by atoms with van der Waals surface area (Å²) in [6.45, 7) is 2.26. The van der Waals surface area contributed by atoms with E-state index in [1.807, 2.05) is 31.2 Å². The van der Waals surface area contributed by atoms with Gasteiger partial charge < -0.3 is 20.9 Å². The van der Waals surface area contributed by atoms with Gasteiger partial charge in [-0.05, 0) is 55.7 Å². The van der Waals surface area contributed by atoms with Crippen molar-refractivity contribution < 1.29 is 14.6 Å². The number of phenolic OH excluding ortho intramolecular Hbond substituents is 1. The number of aromatic hydroxyl groups is 1. The minimum Gasteiger partial charge on any atom is -0.504 e. The minimum atomic E-state index is -0.267. The van der Waals surface area contributed by atoms with Crippen LogP contribution in [0.25, 0.3) is 22.2 Å². The summed E-state index contributed by atoms with van der Waals surface area (Å²) in [5.41, 5.74) is 9.58. The molecule has 1 aliphatic carbocycles. The third-order valence-corrected chi connectivity index (χ3v) is 6.00. The summed E-state index contributed by atoms with van der Waals surface area (Å²) in [5, 5.41) is 17.6. The van der Waals surface area contributed by atoms with Crippen LogP contribution in [0.4, 0.5) is 5.82 Å². The monoisotopic (exact) mass is 458 g/mol. The van der Waals surface area contributed by atoms with Crippen LogP contribution in [-0.4, -0.2) is 44.5 Å². The van der Waals surface area contributed by atoms with E-state index in [1.165, 1.54) is 10.7 Å². The van der Waals surface area contributed by atoms with Crippen LogP contribution < -0.4 is 15.8 Å². The molecule has 1 fully saturated rings. The fraction of sp³-hybridized carbons (Fsp3) is 0.280. The zero-order valence-corrected chi connectivity index (χ0v) is 18.9. The number of rotatable bonds is 6. The number of fused-ring (bicyclic) bond motifs is 2. The Morgan fingerprint density at radius 2 is 1.97 bits per heavy atom. The number of hydrogen-bond acceptors (Lipinski definition) is 7. The molecule has 0 unspecified atom stereocenters. The second-order valence-electron chi connectivity index (χ2n) is 8.32. The molecule has 2 aromatic heterocycles. The topological polar surface area (TPSA) is 128 Å². The van der Waals surface area contributed by atoms with Crippen molar-refractivity contribution in [2.24, 2.45) is 5.10 Å². The van der Waals surface area contributed by atoms with Crippen molar-refractivity contribution in [2.45, 2.75) is 38.6 Å². The molecule has 0 aliphatic heterocycles. The number of nitrogens with one attached hydrogen (secondary N) is 1. The molecule has 174 valence electrons. The number of carbonyl (C=O) groups is 1. The van der Waals surface area contributed by atoms with E-state index in [9.17, 15) is 9.90 Å². The van der Waals surface area contributed by atoms with Crippen LogP contribution in [0.5, 0.6) is 11.5 Å². The number of benzene rings is 2. The molecule has 0 saturated heterocycles. The normalized spacial score (nSPS) is 14.4. The molecule has 0 bridgehead atoms. The number of nitrogens with two attached hydrogens (primary N) is 1. The third-order valence-electron chi connectivity index (χ3n) is 6.00. The zero-order chi connectivity index (χ0) is 23.7. The molecule has 4 aromatic rings. The van der Waals surface area contributed by atoms with Gasteiger partial charge in [0.25, 0.3) is 5.91 Å². The van der Waals surface area contributed by atoms with Gasteiger partial charge in [0, 0.05) is 6.04 Å². The van der Waals surface area contributed by atoms with E-state index in [0.717, 1.165) is 25.7 Å². The average Bonchev–Trinajstić information content (AvgIpc) is 3.43. The van der Waals surface area contributed by atoms with Crippen LogP contribution in [0.1, 0.15) is 48.5 Å². The quantitative estimate of drug-likeness (QED) is 0.377. The molecule has 34 heavy (non-hydrogen) atoms. The zero-order valence-electron chi connectivity index (χ0n) is 18.9. The van der Waals surface area contributed by atoms with Gasteiger partial charge in [-0.3, -0.25) is 4.79 Å². The molecule has 1 amide bonds. The first-order valence-corrected chi connectivity index (χ1v) is 11.4. The van der Waals surface area contributed by atoms with Crippen molar-refractivity contribution in [3.8, 4) is 11.5 Å². The lowest BCUT2D eigenvalue weighted by atomic mass is 10.2. The van der Waals surface area contributed by atoms with Crippen molar-refractivity contribution in [3.05, 3.63) is 53.6 Å². The maximum Gasteiger partial charge on any atom is 0.257 e. The second-order valence-corrected chi connectivity index (χ2v) is 8.32. The number of hydrogen-bond donors (Lipinski definition) is 3. The summed E-state index contributed by atoms with van der Waals surface area (Å²) in [6.07, 6.45) is 5.70. The number of nitrogens with zero attached hydrogens (tertiary/aromatic N) is 4. The van der Waals surface area contributed by atoms with E-state index in [1.54, 1.807) is 18.3 Å². The molecule has 1 aliphatic rings. The molecule has 2 heterocycles. The minimum absolute atomic E-state index is 0.0492. The summed E-state index contributed by atoms with van der Waals surface area (Å²) in [7, 11) is 0. The fourth-order valence-corrected chi connectivity index (χ4v) is 4.32. The predicted octanol–water partition coefficient (Wildman–Crippen LogP) is 3.83. The maximum atomic E-state index is 13.2. The van der Waals surface area contributed by atoms with Gasteiger partial charge in [0.15, 0.2) is 17.1 Å². The maximum absolute atomic E-state index is 13.2. The molecule has 0 spiro atoms. The van der Waals surface area contributed by atoms with E-state index in [-0.39, 0.29) is 29.1 Å². The van der Waals surface area contributed by atoms with Crippen LogP contribution in [0, 0.1) is 0 Å². The van der Waals surface area contributed by atoms with Crippen molar-refractivity contribution in [2.75, 3.05) is 12.3 Å². The largest absolute Gasteiger partial charge is 0.504 e. The number of amides is 1. The van der Waals surface area contributed by atoms with Crippen molar-refractivity contribution in [1.29, 1.82) is 0 Å². The lowest BCUT2D eigenvalue weighted by Gasteiger charge is -2.11. The summed E-state index contributed by atoms with van der Waals surface area (Å²) in [4.78, 5) is 22.7. The Hall–Kier alpha value is -4.14. The number of nitrogen functional groups attached to an aromatic ring is 1. The second kappa shape index (κ2) is 9.01. The van der Waals surface area contributed by atoms with Crippen LogP contribution in [0.3, 0.4) is 0 Å². The van der Waals surface area contributed by atoms with E-state index in [4.69, 9.17) is 20.4 Å². The summed E-state index contributed by atoms with van der Waals surface area (Å²) >= 11 is 0. The molecule has 0 atom stereocenters. The number of para-hydroxylation sites is 2. The molecular weight excluding hydrogens is 432 g/mol. The first-order valence-electron chi connectivity index (χ1n) is 11.4. The van der Waals surface area contributed by atoms with Crippen molar-refractivity contribution in [3.63, 3.8) is 0 Å². The molecule has 2 aromatic carbocycles. The third kappa shape index (κ3) is 4.00. The summed E-state index contributed by atoms with van der Waals surface area (Å²) in [5.74, 6) is 0.310. The van der Waals surface area contributed by atoms with Gasteiger partial charge in [0.2, 0.25) is 0 Å². The Labute approximate surface area is 196 Å². The number of carbonyl (C=O) groups excluding carboxylic acids is 1. The summed E-state index contributed by atoms with van der Waals surface area (Å²) < 4.78 is 6.89. The van der Waals surface area contributed by atoms with Crippen LogP contribution in [0.2, 0.25) is 0 Å². The number of phenols is 1. The first kappa shape index (κ1) is 21.7. The van der Waals surface area contributed by atoms with Gasteiger partial charge in [-0.15, -0.1) is 0 Å². The Bertz CT molecular complexity index is 1410. The Balaban J connectivity index is 1.61. The highest BCUT2D eigenvalue weighted by molar-refractivity contribution is 6.10. The molecule has 9 heteroatoms. The van der Waals surface area contributed by atoms with Crippen LogP contribution in [-0.2, 0) is 0 Å². The van der Waals surface area contributed by atoms with Gasteiger partial charge >= 0.3 is 0 Å². The van der Waals surface area contributed by atoms with E-state index >= 15 is 0 Å². The van der Waals surface area contributed by atoms with Crippen LogP contribution in [0.15, 0.2) is 47.6 Å².